The Hall–Kier alpha value is -2.11. The SMILES string of the molecule is Cc1ccc([N+](=O)[O-])c(NCC(=O)N(C)C)c1. The van der Waals surface area contributed by atoms with Crippen LogP contribution < -0.4 is 5.32 Å². The summed E-state index contributed by atoms with van der Waals surface area (Å²) in [4.78, 5) is 23.1. The zero-order valence-corrected chi connectivity index (χ0v) is 10.1. The summed E-state index contributed by atoms with van der Waals surface area (Å²) < 4.78 is 0. The second-order valence-corrected chi connectivity index (χ2v) is 3.92. The summed E-state index contributed by atoms with van der Waals surface area (Å²) in [5, 5.41) is 13.6. The minimum Gasteiger partial charge on any atom is -0.371 e. The van der Waals surface area contributed by atoms with Crippen LogP contribution in [0.5, 0.6) is 0 Å². The number of anilines is 1. The average Bonchev–Trinajstić information content (AvgIpc) is 2.25. The lowest BCUT2D eigenvalue weighted by atomic mass is 10.2. The third-order valence-corrected chi connectivity index (χ3v) is 2.28. The number of carbonyl (C=O) groups excluding carboxylic acids is 1. The van der Waals surface area contributed by atoms with Crippen LogP contribution in [0.4, 0.5) is 11.4 Å². The Labute approximate surface area is 99.4 Å². The molecule has 1 amide bonds. The van der Waals surface area contributed by atoms with Crippen molar-refractivity contribution in [3.05, 3.63) is 33.9 Å². The van der Waals surface area contributed by atoms with Gasteiger partial charge in [-0.1, -0.05) is 6.07 Å². The number of nitrogens with one attached hydrogen (secondary N) is 1. The molecule has 6 nitrogen and oxygen atoms in total. The molecule has 0 saturated carbocycles. The Morgan fingerprint density at radius 3 is 2.65 bits per heavy atom. The van der Waals surface area contributed by atoms with Gasteiger partial charge in [0.1, 0.15) is 5.69 Å². The van der Waals surface area contributed by atoms with Crippen molar-refractivity contribution in [2.75, 3.05) is 26.0 Å². The highest BCUT2D eigenvalue weighted by atomic mass is 16.6. The number of nitro groups is 1. The molecule has 0 heterocycles. The molecular formula is C11H15N3O3. The van der Waals surface area contributed by atoms with Crippen molar-refractivity contribution in [3.8, 4) is 0 Å². The monoisotopic (exact) mass is 237 g/mol. The largest absolute Gasteiger partial charge is 0.371 e. The van der Waals surface area contributed by atoms with E-state index in [-0.39, 0.29) is 18.1 Å². The fourth-order valence-electron chi connectivity index (χ4n) is 1.28. The zero-order chi connectivity index (χ0) is 13.0. The van der Waals surface area contributed by atoms with Gasteiger partial charge in [0.25, 0.3) is 5.69 Å². The summed E-state index contributed by atoms with van der Waals surface area (Å²) >= 11 is 0. The van der Waals surface area contributed by atoms with Gasteiger partial charge in [0.05, 0.1) is 11.5 Å². The van der Waals surface area contributed by atoms with E-state index in [1.807, 2.05) is 6.92 Å². The van der Waals surface area contributed by atoms with Gasteiger partial charge >= 0.3 is 0 Å². The predicted octanol–water partition coefficient (Wildman–Crippen LogP) is 1.40. The van der Waals surface area contributed by atoms with Crippen LogP contribution in [-0.4, -0.2) is 36.4 Å². The number of benzene rings is 1. The van der Waals surface area contributed by atoms with E-state index in [0.717, 1.165) is 5.56 Å². The second-order valence-electron chi connectivity index (χ2n) is 3.92. The lowest BCUT2D eigenvalue weighted by molar-refractivity contribution is -0.384. The topological polar surface area (TPSA) is 75.5 Å². The van der Waals surface area contributed by atoms with E-state index in [1.54, 1.807) is 26.2 Å². The Kier molecular flexibility index (Phi) is 4.03. The molecule has 1 aromatic carbocycles. The number of aryl methyl sites for hydroxylation is 1. The Bertz CT molecular complexity index is 444. The summed E-state index contributed by atoms with van der Waals surface area (Å²) in [6, 6.07) is 4.75. The maximum absolute atomic E-state index is 11.4. The highest BCUT2D eigenvalue weighted by Gasteiger charge is 2.14. The first-order valence-electron chi connectivity index (χ1n) is 5.11. The Morgan fingerprint density at radius 2 is 2.12 bits per heavy atom. The molecule has 1 N–H and O–H groups in total. The van der Waals surface area contributed by atoms with E-state index in [2.05, 4.69) is 5.32 Å². The third kappa shape index (κ3) is 3.44. The molecule has 0 atom stereocenters. The van der Waals surface area contributed by atoms with Gasteiger partial charge in [0, 0.05) is 20.2 Å². The highest BCUT2D eigenvalue weighted by molar-refractivity contribution is 5.81. The number of amides is 1. The molecule has 6 heteroatoms. The van der Waals surface area contributed by atoms with Crippen molar-refractivity contribution in [2.24, 2.45) is 0 Å². The third-order valence-electron chi connectivity index (χ3n) is 2.28. The Morgan fingerprint density at radius 1 is 1.47 bits per heavy atom. The number of hydrogen-bond donors (Lipinski definition) is 1. The summed E-state index contributed by atoms with van der Waals surface area (Å²) in [6.45, 7) is 1.87. The molecule has 92 valence electrons. The zero-order valence-electron chi connectivity index (χ0n) is 10.1. The van der Waals surface area contributed by atoms with Gasteiger partial charge in [-0.15, -0.1) is 0 Å². The number of nitro benzene ring substituents is 1. The molecule has 0 aromatic heterocycles. The molecular weight excluding hydrogens is 222 g/mol. The number of likely N-dealkylation sites (N-methyl/N-ethyl adjacent to an activating group) is 1. The quantitative estimate of drug-likeness (QED) is 0.634. The van der Waals surface area contributed by atoms with E-state index in [1.165, 1.54) is 11.0 Å². The van der Waals surface area contributed by atoms with Crippen molar-refractivity contribution in [1.29, 1.82) is 0 Å². The standard InChI is InChI=1S/C11H15N3O3/c1-8-4-5-10(14(16)17)9(6-8)12-7-11(15)13(2)3/h4-6,12H,7H2,1-3H3. The first-order chi connectivity index (χ1) is 7.91. The number of nitrogens with zero attached hydrogens (tertiary/aromatic N) is 2. The smallest absolute Gasteiger partial charge is 0.292 e. The van der Waals surface area contributed by atoms with Crippen LogP contribution >= 0.6 is 0 Å². The summed E-state index contributed by atoms with van der Waals surface area (Å²) in [5.41, 5.74) is 1.24. The molecule has 1 rings (SSSR count). The molecule has 0 radical (unpaired) electrons. The van der Waals surface area contributed by atoms with Crippen LogP contribution in [0.15, 0.2) is 18.2 Å². The fourth-order valence-corrected chi connectivity index (χ4v) is 1.28. The molecule has 0 aliphatic carbocycles. The first-order valence-corrected chi connectivity index (χ1v) is 5.11. The molecule has 0 fully saturated rings. The van der Waals surface area contributed by atoms with Gasteiger partial charge in [-0.2, -0.15) is 0 Å². The molecule has 0 saturated heterocycles. The van der Waals surface area contributed by atoms with Crippen LogP contribution in [0.1, 0.15) is 5.56 Å². The lowest BCUT2D eigenvalue weighted by Crippen LogP contribution is -2.28. The number of carbonyl (C=O) groups is 1. The molecule has 0 aliphatic rings. The van der Waals surface area contributed by atoms with Gasteiger partial charge in [-0.25, -0.2) is 0 Å². The van der Waals surface area contributed by atoms with Crippen LogP contribution in [0, 0.1) is 17.0 Å². The van der Waals surface area contributed by atoms with Crippen LogP contribution in [0.3, 0.4) is 0 Å². The van der Waals surface area contributed by atoms with Crippen molar-refractivity contribution < 1.29 is 9.72 Å². The highest BCUT2D eigenvalue weighted by Crippen LogP contribution is 2.24. The normalized spacial score (nSPS) is 9.82. The number of rotatable bonds is 4. The van der Waals surface area contributed by atoms with Crippen molar-refractivity contribution in [2.45, 2.75) is 6.92 Å². The van der Waals surface area contributed by atoms with Crippen LogP contribution in [0.25, 0.3) is 0 Å². The van der Waals surface area contributed by atoms with E-state index in [0.29, 0.717) is 5.69 Å². The summed E-state index contributed by atoms with van der Waals surface area (Å²) in [5.74, 6) is -0.138. The van der Waals surface area contributed by atoms with Crippen molar-refractivity contribution in [3.63, 3.8) is 0 Å². The van der Waals surface area contributed by atoms with Gasteiger partial charge in [0.2, 0.25) is 5.91 Å². The van der Waals surface area contributed by atoms with Gasteiger partial charge in [-0.3, -0.25) is 14.9 Å². The molecule has 0 aliphatic heterocycles. The second kappa shape index (κ2) is 5.29. The van der Waals surface area contributed by atoms with Crippen LogP contribution in [-0.2, 0) is 4.79 Å². The van der Waals surface area contributed by atoms with Gasteiger partial charge < -0.3 is 10.2 Å². The van der Waals surface area contributed by atoms with Crippen molar-refractivity contribution >= 4 is 17.3 Å². The summed E-state index contributed by atoms with van der Waals surface area (Å²) in [7, 11) is 3.27. The molecule has 1 aromatic rings. The summed E-state index contributed by atoms with van der Waals surface area (Å²) in [6.07, 6.45) is 0. The van der Waals surface area contributed by atoms with E-state index < -0.39 is 4.92 Å². The Balaban J connectivity index is 2.86. The fraction of sp³-hybridized carbons (Fsp3) is 0.364. The van der Waals surface area contributed by atoms with E-state index in [9.17, 15) is 14.9 Å². The maximum Gasteiger partial charge on any atom is 0.292 e. The minimum absolute atomic E-state index is 0.0258. The minimum atomic E-state index is -0.470. The van der Waals surface area contributed by atoms with Gasteiger partial charge in [0.15, 0.2) is 0 Å². The molecule has 0 bridgehead atoms. The maximum atomic E-state index is 11.4. The average molecular weight is 237 g/mol. The molecule has 17 heavy (non-hydrogen) atoms. The first kappa shape index (κ1) is 13.0. The predicted molar refractivity (Wildman–Crippen MR) is 65.0 cm³/mol. The van der Waals surface area contributed by atoms with E-state index >= 15 is 0 Å². The van der Waals surface area contributed by atoms with E-state index in [4.69, 9.17) is 0 Å². The molecule has 0 unspecified atom stereocenters. The van der Waals surface area contributed by atoms with Gasteiger partial charge in [-0.05, 0) is 18.6 Å². The number of hydrogen-bond acceptors (Lipinski definition) is 4. The lowest BCUT2D eigenvalue weighted by Gasteiger charge is -2.12. The molecule has 0 spiro atoms. The van der Waals surface area contributed by atoms with Crippen LogP contribution in [0.2, 0.25) is 0 Å². The van der Waals surface area contributed by atoms with Crippen molar-refractivity contribution in [1.82, 2.24) is 4.90 Å².